The van der Waals surface area contributed by atoms with Crippen LogP contribution < -0.4 is 0 Å². The number of benzene rings is 2. The summed E-state index contributed by atoms with van der Waals surface area (Å²) < 4.78 is 66.0. The molecule has 0 fully saturated rings. The Labute approximate surface area is 104 Å². The van der Waals surface area contributed by atoms with Gasteiger partial charge in [0.1, 0.15) is 6.29 Å². The average Bonchev–Trinajstić information content (AvgIpc) is 2.43. The van der Waals surface area contributed by atoms with Gasteiger partial charge in [-0.1, -0.05) is 18.2 Å². The van der Waals surface area contributed by atoms with Gasteiger partial charge in [0.25, 0.3) is 0 Å². The van der Waals surface area contributed by atoms with Crippen molar-refractivity contribution in [2.75, 3.05) is 0 Å². The van der Waals surface area contributed by atoms with Gasteiger partial charge >= 0.3 is 0 Å². The maximum absolute atomic E-state index is 13.5. The lowest BCUT2D eigenvalue weighted by atomic mass is 10.0. The van der Waals surface area contributed by atoms with E-state index in [9.17, 15) is 26.7 Å². The van der Waals surface area contributed by atoms with Crippen molar-refractivity contribution >= 4 is 6.29 Å². The fourth-order valence-corrected chi connectivity index (χ4v) is 1.63. The second-order valence-electron chi connectivity index (χ2n) is 3.69. The summed E-state index contributed by atoms with van der Waals surface area (Å²) in [5, 5.41) is 0. The molecule has 0 aromatic heterocycles. The fourth-order valence-electron chi connectivity index (χ4n) is 1.63. The number of hydrogen-bond donors (Lipinski definition) is 0. The van der Waals surface area contributed by atoms with E-state index in [-0.39, 0.29) is 11.1 Å². The van der Waals surface area contributed by atoms with Gasteiger partial charge in [-0.15, -0.1) is 0 Å². The molecule has 0 aliphatic carbocycles. The summed E-state index contributed by atoms with van der Waals surface area (Å²) in [5.41, 5.74) is -1.26. The van der Waals surface area contributed by atoms with Crippen LogP contribution in [0.2, 0.25) is 0 Å². The monoisotopic (exact) mass is 272 g/mol. The molecule has 0 amide bonds. The third-order valence-electron chi connectivity index (χ3n) is 2.52. The summed E-state index contributed by atoms with van der Waals surface area (Å²) in [6, 6.07) is 4.79. The molecule has 0 N–H and O–H groups in total. The molecule has 0 radical (unpaired) electrons. The zero-order valence-corrected chi connectivity index (χ0v) is 9.18. The summed E-state index contributed by atoms with van der Waals surface area (Å²) in [5.74, 6) is -10.1. The van der Waals surface area contributed by atoms with Crippen molar-refractivity contribution in [2.24, 2.45) is 0 Å². The van der Waals surface area contributed by atoms with Crippen molar-refractivity contribution < 1.29 is 26.7 Å². The van der Waals surface area contributed by atoms with E-state index in [1.54, 1.807) is 0 Å². The van der Waals surface area contributed by atoms with Crippen LogP contribution in [0.25, 0.3) is 11.1 Å². The maximum atomic E-state index is 13.5. The van der Waals surface area contributed by atoms with Crippen LogP contribution in [0.1, 0.15) is 10.4 Å². The SMILES string of the molecule is O=Cc1cccc(-c2c(F)c(F)c(F)c(F)c2F)c1. The maximum Gasteiger partial charge on any atom is 0.200 e. The molecule has 2 rings (SSSR count). The smallest absolute Gasteiger partial charge is 0.200 e. The topological polar surface area (TPSA) is 17.1 Å². The Kier molecular flexibility index (Phi) is 3.33. The van der Waals surface area contributed by atoms with E-state index in [0.29, 0.717) is 6.29 Å². The second kappa shape index (κ2) is 4.79. The summed E-state index contributed by atoms with van der Waals surface area (Å²) in [6.07, 6.45) is 0.398. The first kappa shape index (κ1) is 13.2. The van der Waals surface area contributed by atoms with Crippen LogP contribution in [-0.2, 0) is 0 Å². The van der Waals surface area contributed by atoms with Crippen LogP contribution in [0, 0.1) is 29.1 Å². The molecule has 2 aromatic rings. The van der Waals surface area contributed by atoms with Crippen LogP contribution in [-0.4, -0.2) is 6.29 Å². The highest BCUT2D eigenvalue weighted by atomic mass is 19.2. The molecule has 6 heteroatoms. The molecule has 1 nitrogen and oxygen atoms in total. The van der Waals surface area contributed by atoms with Gasteiger partial charge in [0, 0.05) is 5.56 Å². The van der Waals surface area contributed by atoms with E-state index >= 15 is 0 Å². The Morgan fingerprint density at radius 1 is 0.789 bits per heavy atom. The van der Waals surface area contributed by atoms with E-state index in [1.165, 1.54) is 12.1 Å². The molecule has 0 heterocycles. The minimum Gasteiger partial charge on any atom is -0.298 e. The molecule has 0 aliphatic heterocycles. The van der Waals surface area contributed by atoms with E-state index in [1.807, 2.05) is 0 Å². The lowest BCUT2D eigenvalue weighted by Gasteiger charge is -2.08. The number of carbonyl (C=O) groups excluding carboxylic acids is 1. The van der Waals surface area contributed by atoms with Crippen molar-refractivity contribution in [2.45, 2.75) is 0 Å². The van der Waals surface area contributed by atoms with Gasteiger partial charge in [0.15, 0.2) is 23.3 Å². The zero-order chi connectivity index (χ0) is 14.2. The first-order valence-corrected chi connectivity index (χ1v) is 5.04. The normalized spacial score (nSPS) is 10.6. The Morgan fingerprint density at radius 3 is 1.84 bits per heavy atom. The van der Waals surface area contributed by atoms with Crippen LogP contribution in [0.3, 0.4) is 0 Å². The fraction of sp³-hybridized carbons (Fsp3) is 0. The van der Waals surface area contributed by atoms with E-state index in [2.05, 4.69) is 0 Å². The summed E-state index contributed by atoms with van der Waals surface area (Å²) in [4.78, 5) is 10.6. The molecule has 0 saturated carbocycles. The van der Waals surface area contributed by atoms with Crippen molar-refractivity contribution in [3.05, 3.63) is 58.9 Å². The molecule has 0 aliphatic rings. The van der Waals surface area contributed by atoms with Crippen LogP contribution in [0.5, 0.6) is 0 Å². The molecule has 19 heavy (non-hydrogen) atoms. The first-order valence-electron chi connectivity index (χ1n) is 5.04. The summed E-state index contributed by atoms with van der Waals surface area (Å²) in [7, 11) is 0. The number of rotatable bonds is 2. The molecule has 0 bridgehead atoms. The summed E-state index contributed by atoms with van der Waals surface area (Å²) >= 11 is 0. The van der Waals surface area contributed by atoms with Crippen molar-refractivity contribution in [3.8, 4) is 11.1 Å². The predicted molar refractivity (Wildman–Crippen MR) is 57.1 cm³/mol. The lowest BCUT2D eigenvalue weighted by Crippen LogP contribution is -2.04. The molecular formula is C13H5F5O. The Morgan fingerprint density at radius 2 is 1.32 bits per heavy atom. The van der Waals surface area contributed by atoms with Crippen molar-refractivity contribution in [1.82, 2.24) is 0 Å². The van der Waals surface area contributed by atoms with Gasteiger partial charge in [0.2, 0.25) is 5.82 Å². The largest absolute Gasteiger partial charge is 0.298 e. The van der Waals surface area contributed by atoms with Crippen molar-refractivity contribution in [3.63, 3.8) is 0 Å². The van der Waals surface area contributed by atoms with Crippen LogP contribution in [0.15, 0.2) is 24.3 Å². The quantitative estimate of drug-likeness (QED) is 0.351. The van der Waals surface area contributed by atoms with Crippen LogP contribution >= 0.6 is 0 Å². The Hall–Kier alpha value is -2.24. The lowest BCUT2D eigenvalue weighted by molar-refractivity contribution is 0.112. The van der Waals surface area contributed by atoms with E-state index in [4.69, 9.17) is 0 Å². The van der Waals surface area contributed by atoms with Gasteiger partial charge in [-0.25, -0.2) is 22.0 Å². The number of halogens is 5. The minimum atomic E-state index is -2.22. The molecule has 98 valence electrons. The van der Waals surface area contributed by atoms with Gasteiger partial charge in [-0.3, -0.25) is 4.79 Å². The molecule has 0 spiro atoms. The standard InChI is InChI=1S/C13H5F5O/c14-9-8(7-3-1-2-6(4-7)5-19)10(15)12(17)13(18)11(9)16/h1-5H. The van der Waals surface area contributed by atoms with Crippen molar-refractivity contribution in [1.29, 1.82) is 0 Å². The molecule has 2 aromatic carbocycles. The summed E-state index contributed by atoms with van der Waals surface area (Å²) in [6.45, 7) is 0. The minimum absolute atomic E-state index is 0.0569. The molecule has 0 unspecified atom stereocenters. The molecule has 0 atom stereocenters. The highest BCUT2D eigenvalue weighted by Crippen LogP contribution is 2.31. The van der Waals surface area contributed by atoms with Gasteiger partial charge in [-0.05, 0) is 11.6 Å². The number of carbonyl (C=O) groups is 1. The Bertz CT molecular complexity index is 637. The van der Waals surface area contributed by atoms with E-state index in [0.717, 1.165) is 12.1 Å². The van der Waals surface area contributed by atoms with Crippen LogP contribution in [0.4, 0.5) is 22.0 Å². The molecular weight excluding hydrogens is 267 g/mol. The first-order chi connectivity index (χ1) is 8.97. The molecule has 0 saturated heterocycles. The number of aldehydes is 1. The third-order valence-corrected chi connectivity index (χ3v) is 2.52. The zero-order valence-electron chi connectivity index (χ0n) is 9.18. The van der Waals surface area contributed by atoms with Gasteiger partial charge < -0.3 is 0 Å². The third kappa shape index (κ3) is 2.09. The average molecular weight is 272 g/mol. The number of hydrogen-bond acceptors (Lipinski definition) is 1. The second-order valence-corrected chi connectivity index (χ2v) is 3.69. The highest BCUT2D eigenvalue weighted by molar-refractivity contribution is 5.79. The van der Waals surface area contributed by atoms with E-state index < -0.39 is 34.6 Å². The van der Waals surface area contributed by atoms with Gasteiger partial charge in [0.05, 0.1) is 5.56 Å². The van der Waals surface area contributed by atoms with Gasteiger partial charge in [-0.2, -0.15) is 0 Å². The highest BCUT2D eigenvalue weighted by Gasteiger charge is 2.26. The predicted octanol–water partition coefficient (Wildman–Crippen LogP) is 3.86. The Balaban J connectivity index is 2.78.